The molecular formula is C13H10O4S. The van der Waals surface area contributed by atoms with Crippen molar-refractivity contribution in [2.45, 2.75) is 5.25 Å². The van der Waals surface area contributed by atoms with E-state index in [1.165, 1.54) is 6.08 Å². The van der Waals surface area contributed by atoms with E-state index in [2.05, 4.69) is 0 Å². The molecule has 0 aromatic heterocycles. The quantitative estimate of drug-likeness (QED) is 0.873. The van der Waals surface area contributed by atoms with Gasteiger partial charge < -0.3 is 10.2 Å². The van der Waals surface area contributed by atoms with Crippen molar-refractivity contribution in [2.24, 2.45) is 0 Å². The lowest BCUT2D eigenvalue weighted by Crippen LogP contribution is -2.25. The van der Waals surface area contributed by atoms with E-state index in [1.807, 2.05) is 30.3 Å². The van der Waals surface area contributed by atoms with Crippen LogP contribution in [0.2, 0.25) is 0 Å². The molecule has 1 atom stereocenters. The van der Waals surface area contributed by atoms with Crippen LogP contribution in [0, 0.1) is 0 Å². The molecule has 0 amide bonds. The summed E-state index contributed by atoms with van der Waals surface area (Å²) in [7, 11) is 0. The van der Waals surface area contributed by atoms with E-state index in [0.717, 1.165) is 22.2 Å². The van der Waals surface area contributed by atoms with Crippen molar-refractivity contribution in [1.82, 2.24) is 0 Å². The fourth-order valence-corrected chi connectivity index (χ4v) is 2.70. The number of benzene rings is 1. The minimum atomic E-state index is -1.20. The zero-order valence-corrected chi connectivity index (χ0v) is 10.1. The second kappa shape index (κ2) is 5.10. The summed E-state index contributed by atoms with van der Waals surface area (Å²) in [5, 5.41) is 16.9. The number of aliphatic carboxylic acids is 2. The first kappa shape index (κ1) is 12.4. The highest BCUT2D eigenvalue weighted by atomic mass is 32.2. The van der Waals surface area contributed by atoms with Gasteiger partial charge in [0.05, 0.1) is 5.57 Å². The predicted molar refractivity (Wildman–Crippen MR) is 69.2 cm³/mol. The Morgan fingerprint density at radius 2 is 1.72 bits per heavy atom. The zero-order valence-electron chi connectivity index (χ0n) is 9.24. The SMILES string of the molecule is O=C(O)C1=CC=C(c2ccccc2)SC1C(=O)O. The molecule has 1 aliphatic rings. The van der Waals surface area contributed by atoms with E-state index in [1.54, 1.807) is 6.08 Å². The molecule has 2 N–H and O–H groups in total. The molecule has 0 saturated carbocycles. The standard InChI is InChI=1S/C13H10O4S/c14-12(15)9-6-7-10(18-11(9)13(16)17)8-4-2-1-3-5-8/h1-7,11H,(H,14,15)(H,16,17). The van der Waals surface area contributed by atoms with Gasteiger partial charge in [-0.2, -0.15) is 0 Å². The molecule has 1 heterocycles. The normalized spacial score (nSPS) is 18.8. The summed E-state index contributed by atoms with van der Waals surface area (Å²) < 4.78 is 0. The lowest BCUT2D eigenvalue weighted by Gasteiger charge is -2.18. The molecule has 1 aromatic carbocycles. The molecule has 18 heavy (non-hydrogen) atoms. The lowest BCUT2D eigenvalue weighted by atomic mass is 10.1. The second-order valence-corrected chi connectivity index (χ2v) is 4.81. The zero-order chi connectivity index (χ0) is 13.1. The molecule has 1 unspecified atom stereocenters. The largest absolute Gasteiger partial charge is 0.480 e. The van der Waals surface area contributed by atoms with Crippen LogP contribution in [0.1, 0.15) is 5.56 Å². The van der Waals surface area contributed by atoms with Gasteiger partial charge in [-0.1, -0.05) is 30.3 Å². The number of hydrogen-bond acceptors (Lipinski definition) is 3. The number of carboxylic acid groups (broad SMARTS) is 2. The third kappa shape index (κ3) is 2.46. The molecule has 1 aromatic rings. The lowest BCUT2D eigenvalue weighted by molar-refractivity contribution is -0.139. The fourth-order valence-electron chi connectivity index (χ4n) is 1.62. The molecular weight excluding hydrogens is 252 g/mol. The molecule has 0 saturated heterocycles. The van der Waals surface area contributed by atoms with Crippen molar-refractivity contribution >= 4 is 28.6 Å². The van der Waals surface area contributed by atoms with Gasteiger partial charge in [0.1, 0.15) is 5.25 Å². The number of thioether (sulfide) groups is 1. The van der Waals surface area contributed by atoms with Gasteiger partial charge in [0, 0.05) is 4.91 Å². The summed E-state index contributed by atoms with van der Waals surface area (Å²) in [5.74, 6) is -2.34. The molecule has 0 bridgehead atoms. The van der Waals surface area contributed by atoms with E-state index >= 15 is 0 Å². The summed E-state index contributed by atoms with van der Waals surface area (Å²) >= 11 is 1.04. The van der Waals surface area contributed by atoms with E-state index in [0.29, 0.717) is 0 Å². The predicted octanol–water partition coefficient (Wildman–Crippen LogP) is 2.24. The smallest absolute Gasteiger partial charge is 0.333 e. The van der Waals surface area contributed by atoms with Gasteiger partial charge in [-0.15, -0.1) is 11.8 Å². The molecule has 4 nitrogen and oxygen atoms in total. The van der Waals surface area contributed by atoms with E-state index in [4.69, 9.17) is 10.2 Å². The number of rotatable bonds is 3. The van der Waals surface area contributed by atoms with Crippen LogP contribution >= 0.6 is 11.8 Å². The molecule has 0 radical (unpaired) electrons. The first-order valence-corrected chi connectivity index (χ1v) is 6.07. The van der Waals surface area contributed by atoms with Crippen molar-refractivity contribution in [3.63, 3.8) is 0 Å². The van der Waals surface area contributed by atoms with E-state index in [9.17, 15) is 9.59 Å². The fraction of sp³-hybridized carbons (Fsp3) is 0.0769. The van der Waals surface area contributed by atoms with Crippen LogP contribution in [0.4, 0.5) is 0 Å². The number of hydrogen-bond donors (Lipinski definition) is 2. The monoisotopic (exact) mass is 262 g/mol. The van der Waals surface area contributed by atoms with Crippen LogP contribution < -0.4 is 0 Å². The van der Waals surface area contributed by atoms with Gasteiger partial charge >= 0.3 is 11.9 Å². The van der Waals surface area contributed by atoms with Crippen molar-refractivity contribution < 1.29 is 19.8 Å². The Kier molecular flexibility index (Phi) is 3.53. The minimum Gasteiger partial charge on any atom is -0.480 e. The van der Waals surface area contributed by atoms with Crippen molar-refractivity contribution in [3.8, 4) is 0 Å². The Bertz CT molecular complexity index is 545. The number of allylic oxidation sites excluding steroid dienone is 2. The molecule has 5 heteroatoms. The van der Waals surface area contributed by atoms with Crippen molar-refractivity contribution in [2.75, 3.05) is 0 Å². The molecule has 0 fully saturated rings. The maximum Gasteiger partial charge on any atom is 0.333 e. The first-order chi connectivity index (χ1) is 8.59. The Labute approximate surface area is 108 Å². The maximum absolute atomic E-state index is 11.1. The number of carbonyl (C=O) groups is 2. The van der Waals surface area contributed by atoms with Gasteiger partial charge in [0.25, 0.3) is 0 Å². The third-order valence-corrected chi connectivity index (χ3v) is 3.79. The van der Waals surface area contributed by atoms with Crippen LogP contribution in [0.5, 0.6) is 0 Å². The maximum atomic E-state index is 11.1. The average Bonchev–Trinajstić information content (AvgIpc) is 2.39. The van der Waals surface area contributed by atoms with Crippen LogP contribution in [-0.2, 0) is 9.59 Å². The average molecular weight is 262 g/mol. The van der Waals surface area contributed by atoms with Gasteiger partial charge in [0.15, 0.2) is 0 Å². The van der Waals surface area contributed by atoms with Gasteiger partial charge in [-0.25, -0.2) is 4.79 Å². The first-order valence-electron chi connectivity index (χ1n) is 5.19. The Morgan fingerprint density at radius 1 is 1.06 bits per heavy atom. The third-order valence-electron chi connectivity index (χ3n) is 2.47. The van der Waals surface area contributed by atoms with Crippen LogP contribution in [-0.4, -0.2) is 27.4 Å². The second-order valence-electron chi connectivity index (χ2n) is 3.66. The minimum absolute atomic E-state index is 0.104. The van der Waals surface area contributed by atoms with E-state index in [-0.39, 0.29) is 5.57 Å². The van der Waals surface area contributed by atoms with Crippen LogP contribution in [0.3, 0.4) is 0 Å². The summed E-state index contributed by atoms with van der Waals surface area (Å²) in [6.45, 7) is 0. The highest BCUT2D eigenvalue weighted by molar-refractivity contribution is 8.09. The summed E-state index contributed by atoms with van der Waals surface area (Å²) in [6.07, 6.45) is 3.00. The van der Waals surface area contributed by atoms with Gasteiger partial charge in [-0.3, -0.25) is 4.79 Å². The summed E-state index contributed by atoms with van der Waals surface area (Å²) in [6, 6.07) is 9.28. The van der Waals surface area contributed by atoms with Crippen LogP contribution in [0.25, 0.3) is 4.91 Å². The van der Waals surface area contributed by atoms with Gasteiger partial charge in [-0.05, 0) is 17.7 Å². The van der Waals surface area contributed by atoms with Crippen molar-refractivity contribution in [3.05, 3.63) is 53.6 Å². The highest BCUT2D eigenvalue weighted by Crippen LogP contribution is 2.38. The Morgan fingerprint density at radius 3 is 2.28 bits per heavy atom. The number of carboxylic acids is 2. The molecule has 1 aliphatic heterocycles. The van der Waals surface area contributed by atoms with Gasteiger partial charge in [0.2, 0.25) is 0 Å². The molecule has 92 valence electrons. The molecule has 2 rings (SSSR count). The topological polar surface area (TPSA) is 74.6 Å². The van der Waals surface area contributed by atoms with E-state index < -0.39 is 17.2 Å². The van der Waals surface area contributed by atoms with Crippen molar-refractivity contribution in [1.29, 1.82) is 0 Å². The highest BCUT2D eigenvalue weighted by Gasteiger charge is 2.31. The van der Waals surface area contributed by atoms with Crippen LogP contribution in [0.15, 0.2) is 48.1 Å². The summed E-state index contributed by atoms with van der Waals surface area (Å²) in [5.41, 5.74) is 0.779. The summed E-state index contributed by atoms with van der Waals surface area (Å²) in [4.78, 5) is 22.8. The Hall–Kier alpha value is -2.01. The molecule has 0 aliphatic carbocycles. The Balaban J connectivity index is 2.37. The molecule has 0 spiro atoms.